The Hall–Kier alpha value is -5.23. The predicted octanol–water partition coefficient (Wildman–Crippen LogP) is 4.44. The molecule has 4 rings (SSSR count). The van der Waals surface area contributed by atoms with Crippen LogP contribution in [0.25, 0.3) is 0 Å². The second-order valence-electron chi connectivity index (χ2n) is 20.2. The summed E-state index contributed by atoms with van der Waals surface area (Å²) in [7, 11) is -3.27. The predicted molar refractivity (Wildman–Crippen MR) is 251 cm³/mol. The first-order valence-corrected chi connectivity index (χ1v) is 24.9. The summed E-state index contributed by atoms with van der Waals surface area (Å²) in [6.45, 7) is 16.2. The number of likely N-dealkylation sites (tertiary alicyclic amines) is 1. The molecule has 0 aliphatic carbocycles. The number of carbonyl (C=O) groups excluding carboxylic acids is 6. The van der Waals surface area contributed by atoms with E-state index in [0.29, 0.717) is 58.3 Å². The maximum Gasteiger partial charge on any atom is 0.408 e. The molecule has 6 amide bonds. The number of nitrogens with zero attached hydrogens (tertiary/aromatic N) is 2. The van der Waals surface area contributed by atoms with Crippen LogP contribution in [-0.4, -0.2) is 128 Å². The molecule has 18 heteroatoms. The van der Waals surface area contributed by atoms with E-state index in [-0.39, 0.29) is 43.0 Å². The Balaban J connectivity index is 1.40. The lowest BCUT2D eigenvalue weighted by atomic mass is 9.73. The van der Waals surface area contributed by atoms with Crippen molar-refractivity contribution in [3.8, 4) is 0 Å². The summed E-state index contributed by atoms with van der Waals surface area (Å²) in [5.41, 5.74) is -0.203. The van der Waals surface area contributed by atoms with E-state index in [4.69, 9.17) is 9.47 Å². The highest BCUT2D eigenvalue weighted by molar-refractivity contribution is 7.88. The van der Waals surface area contributed by atoms with Gasteiger partial charge in [-0.1, -0.05) is 74.5 Å². The number of sulfonamides is 1. The van der Waals surface area contributed by atoms with Gasteiger partial charge < -0.3 is 41.0 Å². The molecule has 0 bridgehead atoms. The maximum atomic E-state index is 14.2. The van der Waals surface area contributed by atoms with E-state index >= 15 is 0 Å². The summed E-state index contributed by atoms with van der Waals surface area (Å²) >= 11 is 0. The number of hydrogen-bond acceptors (Lipinski definition) is 10. The molecular weight excluding hydrogens is 867 g/mol. The van der Waals surface area contributed by atoms with E-state index in [2.05, 4.69) is 26.6 Å². The number of hydrogen-bond donors (Lipinski definition) is 5. The molecule has 366 valence electrons. The van der Waals surface area contributed by atoms with Gasteiger partial charge in [0, 0.05) is 51.0 Å². The van der Waals surface area contributed by atoms with E-state index in [1.165, 1.54) is 10.6 Å². The quantitative estimate of drug-likeness (QED) is 0.118. The van der Waals surface area contributed by atoms with Gasteiger partial charge in [0.1, 0.15) is 35.4 Å². The van der Waals surface area contributed by atoms with Crippen molar-refractivity contribution in [2.75, 3.05) is 39.0 Å². The molecule has 0 saturated carbocycles. The Morgan fingerprint density at radius 1 is 0.652 bits per heavy atom. The molecule has 2 aliphatic heterocycles. The van der Waals surface area contributed by atoms with Gasteiger partial charge in [0.05, 0.1) is 6.26 Å². The molecule has 1 spiro atoms. The number of benzene rings is 2. The Bertz CT molecular complexity index is 2060. The average molecular weight is 940 g/mol. The van der Waals surface area contributed by atoms with Crippen LogP contribution in [0.4, 0.5) is 9.59 Å². The third kappa shape index (κ3) is 17.9. The van der Waals surface area contributed by atoms with Crippen molar-refractivity contribution in [1.82, 2.24) is 35.8 Å². The molecule has 2 aromatic carbocycles. The van der Waals surface area contributed by atoms with Gasteiger partial charge in [0.2, 0.25) is 33.7 Å². The number of alkyl carbamates (subject to hydrolysis) is 2. The molecule has 17 nitrogen and oxygen atoms in total. The van der Waals surface area contributed by atoms with Crippen molar-refractivity contribution in [2.24, 2.45) is 11.3 Å². The van der Waals surface area contributed by atoms with Gasteiger partial charge in [-0.3, -0.25) is 19.2 Å². The van der Waals surface area contributed by atoms with E-state index in [9.17, 15) is 37.2 Å². The fourth-order valence-electron chi connectivity index (χ4n) is 8.01. The fourth-order valence-corrected chi connectivity index (χ4v) is 9.02. The highest BCUT2D eigenvalue weighted by atomic mass is 32.2. The van der Waals surface area contributed by atoms with Crippen molar-refractivity contribution in [1.29, 1.82) is 0 Å². The minimum absolute atomic E-state index is 0.00905. The molecule has 5 N–H and O–H groups in total. The Morgan fingerprint density at radius 2 is 1.11 bits per heavy atom. The number of amides is 6. The van der Waals surface area contributed by atoms with Crippen LogP contribution in [-0.2, 0) is 51.5 Å². The van der Waals surface area contributed by atoms with Crippen molar-refractivity contribution in [3.63, 3.8) is 0 Å². The lowest BCUT2D eigenvalue weighted by molar-refractivity contribution is -0.137. The van der Waals surface area contributed by atoms with Crippen LogP contribution >= 0.6 is 0 Å². The standard InChI is InChI=1S/C48H73N7O10S/c1-33(2)28-37(50-41(57)38(29-34-18-12-10-13-19-34)51-42(58)39(30-35-20-14-11-15-21-35)53-45(61)65-47(6,7)8)40(56)49-25-17-16-22-36(52-44(60)64-46(3,4)5)43(59)54-26-23-48(24-27-54)31-55(32-48)66(9,62)63/h10-15,18-21,33,36-39H,16-17,22-32H2,1-9H3,(H,49,56)(H,50,57)(H,51,58)(H,52,60)(H,53,61)/t36?,37-,38-,39-/m1/s1. The van der Waals surface area contributed by atoms with Gasteiger partial charge in [0.15, 0.2) is 0 Å². The SMILES string of the molecule is CC(C)C[C@@H](NC(=O)[C@@H](Cc1ccccc1)NC(=O)[C@@H](Cc1ccccc1)NC(=O)OC(C)(C)C)C(=O)NCCCCC(NC(=O)OC(C)(C)C)C(=O)N1CCC2(CC1)CN(S(C)(=O)=O)C2. The number of piperidine rings is 1. The highest BCUT2D eigenvalue weighted by Crippen LogP contribution is 2.41. The Morgan fingerprint density at radius 3 is 1.56 bits per heavy atom. The van der Waals surface area contributed by atoms with Crippen molar-refractivity contribution >= 4 is 45.8 Å². The molecule has 0 radical (unpaired) electrons. The lowest BCUT2D eigenvalue weighted by Crippen LogP contribution is -2.62. The zero-order valence-electron chi connectivity index (χ0n) is 40.2. The topological polar surface area (TPSA) is 222 Å². The van der Waals surface area contributed by atoms with E-state index in [1.807, 2.05) is 74.5 Å². The minimum atomic E-state index is -3.27. The molecule has 2 fully saturated rings. The molecule has 1 unspecified atom stereocenters. The highest BCUT2D eigenvalue weighted by Gasteiger charge is 2.49. The van der Waals surface area contributed by atoms with Crippen LogP contribution in [0.15, 0.2) is 60.7 Å². The molecule has 0 aromatic heterocycles. The largest absolute Gasteiger partial charge is 0.444 e. The van der Waals surface area contributed by atoms with Crippen LogP contribution in [0.1, 0.15) is 105 Å². The summed E-state index contributed by atoms with van der Waals surface area (Å²) < 4.78 is 36.3. The molecule has 4 atom stereocenters. The number of unbranched alkanes of at least 4 members (excludes halogenated alkanes) is 1. The zero-order chi connectivity index (χ0) is 48.9. The second-order valence-corrected chi connectivity index (χ2v) is 22.2. The third-order valence-corrected chi connectivity index (χ3v) is 12.6. The first-order valence-electron chi connectivity index (χ1n) is 23.0. The van der Waals surface area contributed by atoms with Gasteiger partial charge in [-0.2, -0.15) is 0 Å². The van der Waals surface area contributed by atoms with Crippen LogP contribution in [0, 0.1) is 11.3 Å². The van der Waals surface area contributed by atoms with Gasteiger partial charge in [0.25, 0.3) is 0 Å². The van der Waals surface area contributed by atoms with Crippen LogP contribution in [0.3, 0.4) is 0 Å². The van der Waals surface area contributed by atoms with Crippen molar-refractivity contribution in [2.45, 2.75) is 142 Å². The van der Waals surface area contributed by atoms with Crippen molar-refractivity contribution in [3.05, 3.63) is 71.8 Å². The fraction of sp³-hybridized carbons (Fsp3) is 0.625. The molecule has 66 heavy (non-hydrogen) atoms. The normalized spacial score (nSPS) is 17.0. The number of carbonyl (C=O) groups is 6. The van der Waals surface area contributed by atoms with Gasteiger partial charge in [-0.05, 0) is 97.1 Å². The van der Waals surface area contributed by atoms with E-state index < -0.39 is 75.3 Å². The molecule has 2 saturated heterocycles. The van der Waals surface area contributed by atoms with Crippen LogP contribution < -0.4 is 26.6 Å². The number of rotatable bonds is 20. The zero-order valence-corrected chi connectivity index (χ0v) is 41.1. The van der Waals surface area contributed by atoms with Crippen LogP contribution in [0.5, 0.6) is 0 Å². The summed E-state index contributed by atoms with van der Waals surface area (Å²) in [4.78, 5) is 83.3. The maximum absolute atomic E-state index is 14.2. The average Bonchev–Trinajstić information content (AvgIpc) is 3.20. The second kappa shape index (κ2) is 23.5. The third-order valence-electron chi connectivity index (χ3n) is 11.4. The Labute approximate surface area is 391 Å². The first kappa shape index (κ1) is 53.4. The monoisotopic (exact) mass is 940 g/mol. The smallest absolute Gasteiger partial charge is 0.408 e. The van der Waals surface area contributed by atoms with E-state index in [0.717, 1.165) is 11.1 Å². The number of ether oxygens (including phenoxy) is 2. The molecule has 2 aliphatic rings. The van der Waals surface area contributed by atoms with Gasteiger partial charge >= 0.3 is 12.2 Å². The van der Waals surface area contributed by atoms with Crippen LogP contribution in [0.2, 0.25) is 0 Å². The molecule has 2 heterocycles. The summed E-state index contributed by atoms with van der Waals surface area (Å²) in [5.74, 6) is -1.83. The summed E-state index contributed by atoms with van der Waals surface area (Å²) in [5, 5.41) is 14.1. The van der Waals surface area contributed by atoms with Gasteiger partial charge in [-0.25, -0.2) is 22.3 Å². The summed E-state index contributed by atoms with van der Waals surface area (Å²) in [6.07, 6.45) is 2.74. The molecule has 2 aromatic rings. The van der Waals surface area contributed by atoms with Crippen molar-refractivity contribution < 1.29 is 46.7 Å². The lowest BCUT2D eigenvalue weighted by Gasteiger charge is -2.53. The number of nitrogens with one attached hydrogen (secondary N) is 5. The minimum Gasteiger partial charge on any atom is -0.444 e. The molecular formula is C48H73N7O10S. The summed E-state index contributed by atoms with van der Waals surface area (Å²) in [6, 6.07) is 14.3. The van der Waals surface area contributed by atoms with Gasteiger partial charge in [-0.15, -0.1) is 0 Å². The van der Waals surface area contributed by atoms with E-state index in [1.54, 1.807) is 46.4 Å². The first-order chi connectivity index (χ1) is 30.8. The Kier molecular flexibility index (Phi) is 19.0.